The van der Waals surface area contributed by atoms with Crippen molar-refractivity contribution in [3.63, 3.8) is 0 Å². The van der Waals surface area contributed by atoms with Crippen molar-refractivity contribution in [3.8, 4) is 0 Å². The van der Waals surface area contributed by atoms with Crippen molar-refractivity contribution in [1.82, 2.24) is 14.9 Å². The smallest absolute Gasteiger partial charge is 0.260 e. The minimum Gasteiger partial charge on any atom is -0.353 e. The second-order valence-corrected chi connectivity index (χ2v) is 8.25. The molecule has 4 rings (SSSR count). The Labute approximate surface area is 187 Å². The van der Waals surface area contributed by atoms with Gasteiger partial charge in [-0.1, -0.05) is 23.7 Å². The zero-order valence-electron chi connectivity index (χ0n) is 16.4. The van der Waals surface area contributed by atoms with Crippen LogP contribution >= 0.6 is 22.9 Å². The Bertz CT molecular complexity index is 1080. The highest BCUT2D eigenvalue weighted by atomic mass is 35.5. The van der Waals surface area contributed by atoms with Crippen molar-refractivity contribution in [3.05, 3.63) is 70.1 Å². The summed E-state index contributed by atoms with van der Waals surface area (Å²) < 4.78 is 13.7. The summed E-state index contributed by atoms with van der Waals surface area (Å²) in [7, 11) is 0. The zero-order chi connectivity index (χ0) is 21.8. The second-order valence-electron chi connectivity index (χ2n) is 6.96. The molecule has 0 bridgehead atoms. The normalized spacial score (nSPS) is 13.9. The monoisotopic (exact) mass is 459 g/mol. The number of nitrogens with zero attached hydrogens (tertiary/aromatic N) is 4. The summed E-state index contributed by atoms with van der Waals surface area (Å²) in [6.45, 7) is 2.54. The molecule has 31 heavy (non-hydrogen) atoms. The Balaban J connectivity index is 1.30. The fourth-order valence-electron chi connectivity index (χ4n) is 3.26. The van der Waals surface area contributed by atoms with Crippen molar-refractivity contribution < 1.29 is 14.0 Å². The van der Waals surface area contributed by atoms with Gasteiger partial charge in [0.05, 0.1) is 22.7 Å². The number of hydrogen-bond acceptors (Lipinski definition) is 6. The molecule has 0 atom stereocenters. The predicted molar refractivity (Wildman–Crippen MR) is 118 cm³/mol. The van der Waals surface area contributed by atoms with Gasteiger partial charge in [-0.15, -0.1) is 11.3 Å². The van der Waals surface area contributed by atoms with E-state index in [2.05, 4.69) is 20.2 Å². The fraction of sp³-hybridized carbons (Fsp3) is 0.238. The van der Waals surface area contributed by atoms with Crippen LogP contribution in [0.5, 0.6) is 0 Å². The van der Waals surface area contributed by atoms with Crippen LogP contribution in [-0.2, 0) is 11.2 Å². The molecule has 3 aromatic rings. The number of aromatic nitrogens is 2. The Morgan fingerprint density at radius 1 is 1.13 bits per heavy atom. The highest BCUT2D eigenvalue weighted by Crippen LogP contribution is 2.20. The van der Waals surface area contributed by atoms with E-state index in [0.717, 1.165) is 5.82 Å². The van der Waals surface area contributed by atoms with Crippen molar-refractivity contribution in [2.45, 2.75) is 6.42 Å². The van der Waals surface area contributed by atoms with Crippen LogP contribution in [0.4, 0.5) is 15.3 Å². The quantitative estimate of drug-likeness (QED) is 0.632. The summed E-state index contributed by atoms with van der Waals surface area (Å²) in [5.74, 6) is -0.357. The maximum Gasteiger partial charge on any atom is 0.260 e. The lowest BCUT2D eigenvalue weighted by atomic mass is 10.2. The van der Waals surface area contributed by atoms with Crippen LogP contribution in [0, 0.1) is 5.82 Å². The molecule has 3 heterocycles. The molecule has 7 nitrogen and oxygen atoms in total. The molecule has 0 radical (unpaired) electrons. The minimum absolute atomic E-state index is 0.0269. The van der Waals surface area contributed by atoms with Crippen LogP contribution in [-0.4, -0.2) is 52.9 Å². The number of halogens is 2. The Hall–Kier alpha value is -3.04. The molecule has 2 aromatic heterocycles. The van der Waals surface area contributed by atoms with E-state index in [1.807, 2.05) is 6.07 Å². The van der Waals surface area contributed by atoms with E-state index in [9.17, 15) is 14.0 Å². The van der Waals surface area contributed by atoms with Gasteiger partial charge in [0.1, 0.15) is 11.6 Å². The summed E-state index contributed by atoms with van der Waals surface area (Å²) >= 11 is 7.08. The van der Waals surface area contributed by atoms with Gasteiger partial charge in [0.15, 0.2) is 5.13 Å². The predicted octanol–water partition coefficient (Wildman–Crippen LogP) is 3.47. The summed E-state index contributed by atoms with van der Waals surface area (Å²) in [6.07, 6.45) is 1.75. The lowest BCUT2D eigenvalue weighted by Crippen LogP contribution is -2.49. The van der Waals surface area contributed by atoms with Gasteiger partial charge in [-0.05, 0) is 24.3 Å². The number of anilines is 2. The van der Waals surface area contributed by atoms with Gasteiger partial charge in [0.2, 0.25) is 5.91 Å². The van der Waals surface area contributed by atoms with Crippen LogP contribution in [0.3, 0.4) is 0 Å². The highest BCUT2D eigenvalue weighted by Gasteiger charge is 2.23. The maximum absolute atomic E-state index is 13.7. The van der Waals surface area contributed by atoms with E-state index in [0.29, 0.717) is 42.0 Å². The number of hydrogen-bond donors (Lipinski definition) is 1. The number of rotatable bonds is 5. The average Bonchev–Trinajstić information content (AvgIpc) is 3.21. The summed E-state index contributed by atoms with van der Waals surface area (Å²) in [5, 5.41) is 5.22. The Kier molecular flexibility index (Phi) is 6.43. The first kappa shape index (κ1) is 21.2. The first-order valence-electron chi connectivity index (χ1n) is 9.64. The fourth-order valence-corrected chi connectivity index (χ4v) is 4.08. The first-order valence-corrected chi connectivity index (χ1v) is 10.9. The summed E-state index contributed by atoms with van der Waals surface area (Å²) in [5.41, 5.74) is 0.518. The molecule has 1 saturated heterocycles. The molecule has 1 N–H and O–H groups in total. The molecular formula is C21H19ClFN5O2S. The van der Waals surface area contributed by atoms with Gasteiger partial charge >= 0.3 is 0 Å². The average molecular weight is 460 g/mol. The third-order valence-electron chi connectivity index (χ3n) is 4.89. The number of pyridine rings is 1. The number of carbonyl (C=O) groups excluding carboxylic acids is 2. The second kappa shape index (κ2) is 9.40. The SMILES string of the molecule is O=C(Nc1nc(CC(=O)N2CCN(c3ccc(Cl)cn3)CC2)cs1)c1ccccc1F. The Morgan fingerprint density at radius 3 is 2.61 bits per heavy atom. The first-order chi connectivity index (χ1) is 15.0. The van der Waals surface area contributed by atoms with Gasteiger partial charge in [-0.25, -0.2) is 14.4 Å². The number of amides is 2. The highest BCUT2D eigenvalue weighted by molar-refractivity contribution is 7.14. The topological polar surface area (TPSA) is 78.4 Å². The molecule has 0 saturated carbocycles. The molecule has 1 aliphatic rings. The Morgan fingerprint density at radius 2 is 1.90 bits per heavy atom. The van der Waals surface area contributed by atoms with Crippen molar-refractivity contribution in [1.29, 1.82) is 0 Å². The summed E-state index contributed by atoms with van der Waals surface area (Å²) in [6, 6.07) is 9.40. The number of nitrogens with one attached hydrogen (secondary N) is 1. The molecular weight excluding hydrogens is 441 g/mol. The number of thiazole rings is 1. The lowest BCUT2D eigenvalue weighted by Gasteiger charge is -2.35. The molecule has 1 aromatic carbocycles. The third kappa shape index (κ3) is 5.18. The number of piperazine rings is 1. The van der Waals surface area contributed by atoms with Crippen LogP contribution in [0.15, 0.2) is 48.0 Å². The number of benzene rings is 1. The van der Waals surface area contributed by atoms with E-state index < -0.39 is 11.7 Å². The molecule has 1 aliphatic heterocycles. The lowest BCUT2D eigenvalue weighted by molar-refractivity contribution is -0.130. The van der Waals surface area contributed by atoms with Gasteiger partial charge in [-0.3, -0.25) is 14.9 Å². The van der Waals surface area contributed by atoms with Crippen molar-refractivity contribution in [2.24, 2.45) is 0 Å². The maximum atomic E-state index is 13.7. The number of carbonyl (C=O) groups is 2. The molecule has 10 heteroatoms. The zero-order valence-corrected chi connectivity index (χ0v) is 18.0. The van der Waals surface area contributed by atoms with E-state index in [1.54, 1.807) is 28.6 Å². The molecule has 0 spiro atoms. The van der Waals surface area contributed by atoms with Gasteiger partial charge in [0.25, 0.3) is 5.91 Å². The minimum atomic E-state index is -0.597. The molecule has 0 unspecified atom stereocenters. The van der Waals surface area contributed by atoms with Crippen molar-refractivity contribution in [2.75, 3.05) is 36.4 Å². The van der Waals surface area contributed by atoms with E-state index in [-0.39, 0.29) is 17.9 Å². The van der Waals surface area contributed by atoms with Crippen LogP contribution < -0.4 is 10.2 Å². The van der Waals surface area contributed by atoms with Gasteiger partial charge in [0, 0.05) is 37.8 Å². The third-order valence-corrected chi connectivity index (χ3v) is 5.92. The van der Waals surface area contributed by atoms with E-state index in [1.165, 1.54) is 29.5 Å². The van der Waals surface area contributed by atoms with Gasteiger partial charge in [-0.2, -0.15) is 0 Å². The molecule has 0 aliphatic carbocycles. The van der Waals surface area contributed by atoms with Crippen LogP contribution in [0.1, 0.15) is 16.1 Å². The van der Waals surface area contributed by atoms with Gasteiger partial charge < -0.3 is 9.80 Å². The van der Waals surface area contributed by atoms with E-state index in [4.69, 9.17) is 11.6 Å². The standard InChI is InChI=1S/C21H19ClFN5O2S/c22-14-5-6-18(24-12-14)27-7-9-28(10-8-27)19(29)11-15-13-31-21(25-15)26-20(30)16-3-1-2-4-17(16)23/h1-6,12-13H,7-11H2,(H,25,26,30). The van der Waals surface area contributed by atoms with Crippen LogP contribution in [0.2, 0.25) is 5.02 Å². The molecule has 2 amide bonds. The van der Waals surface area contributed by atoms with E-state index >= 15 is 0 Å². The molecule has 160 valence electrons. The molecule has 1 fully saturated rings. The van der Waals surface area contributed by atoms with Crippen LogP contribution in [0.25, 0.3) is 0 Å². The largest absolute Gasteiger partial charge is 0.353 e. The summed E-state index contributed by atoms with van der Waals surface area (Å²) in [4.78, 5) is 37.4. The van der Waals surface area contributed by atoms with Crippen molar-refractivity contribution >= 4 is 45.7 Å².